The van der Waals surface area contributed by atoms with Gasteiger partial charge in [0, 0.05) is 21.8 Å². The predicted molar refractivity (Wildman–Crippen MR) is 101 cm³/mol. The molecule has 0 aliphatic carbocycles. The number of benzene rings is 2. The van der Waals surface area contributed by atoms with Gasteiger partial charge in [0.15, 0.2) is 0 Å². The zero-order valence-corrected chi connectivity index (χ0v) is 15.0. The fourth-order valence-corrected chi connectivity index (χ4v) is 4.02. The molecule has 0 saturated carbocycles. The van der Waals surface area contributed by atoms with E-state index in [1.54, 1.807) is 36.4 Å². The van der Waals surface area contributed by atoms with Crippen LogP contribution in [-0.4, -0.2) is 22.1 Å². The Morgan fingerprint density at radius 2 is 1.52 bits per heavy atom. The molecule has 25 heavy (non-hydrogen) atoms. The third-order valence-electron chi connectivity index (χ3n) is 3.90. The SMILES string of the molecule is O=C1C2=CN=C(c3ccc(Cl)cc3)S[C@H]2C(=O)N1c1ccc(Cl)cc1. The number of carbonyl (C=O) groups excluding carboxylic acids is 2. The van der Waals surface area contributed by atoms with Crippen LogP contribution in [0.2, 0.25) is 10.0 Å². The van der Waals surface area contributed by atoms with Gasteiger partial charge in [-0.3, -0.25) is 9.59 Å². The third-order valence-corrected chi connectivity index (χ3v) is 5.66. The van der Waals surface area contributed by atoms with Crippen molar-refractivity contribution in [2.45, 2.75) is 5.25 Å². The molecule has 1 fully saturated rings. The number of imide groups is 1. The van der Waals surface area contributed by atoms with Crippen LogP contribution >= 0.6 is 35.0 Å². The van der Waals surface area contributed by atoms with E-state index in [1.807, 2.05) is 12.1 Å². The maximum atomic E-state index is 12.8. The van der Waals surface area contributed by atoms with Gasteiger partial charge in [0.05, 0.1) is 11.3 Å². The summed E-state index contributed by atoms with van der Waals surface area (Å²) in [7, 11) is 0. The Morgan fingerprint density at radius 1 is 0.920 bits per heavy atom. The van der Waals surface area contributed by atoms with E-state index in [4.69, 9.17) is 23.2 Å². The average molecular weight is 389 g/mol. The Balaban J connectivity index is 1.65. The van der Waals surface area contributed by atoms with E-state index in [9.17, 15) is 9.59 Å². The van der Waals surface area contributed by atoms with E-state index in [-0.39, 0.29) is 11.8 Å². The lowest BCUT2D eigenvalue weighted by Gasteiger charge is -2.15. The summed E-state index contributed by atoms with van der Waals surface area (Å²) in [5, 5.41) is 1.26. The highest BCUT2D eigenvalue weighted by Crippen LogP contribution is 2.38. The highest BCUT2D eigenvalue weighted by Gasteiger charge is 2.46. The third kappa shape index (κ3) is 2.88. The number of halogens is 2. The number of aliphatic imine (C=N–C) groups is 1. The van der Waals surface area contributed by atoms with Crippen LogP contribution in [0.4, 0.5) is 5.69 Å². The summed E-state index contributed by atoms with van der Waals surface area (Å²) in [4.78, 5) is 31.0. The Kier molecular flexibility index (Phi) is 4.15. The van der Waals surface area contributed by atoms with Gasteiger partial charge in [0.1, 0.15) is 10.3 Å². The van der Waals surface area contributed by atoms with E-state index in [2.05, 4.69) is 4.99 Å². The van der Waals surface area contributed by atoms with Crippen molar-refractivity contribution in [2.24, 2.45) is 4.99 Å². The number of hydrogen-bond donors (Lipinski definition) is 0. The molecule has 0 N–H and O–H groups in total. The Hall–Kier alpha value is -2.08. The molecule has 4 nitrogen and oxygen atoms in total. The Labute approximate surface area is 158 Å². The summed E-state index contributed by atoms with van der Waals surface area (Å²) in [6.45, 7) is 0. The van der Waals surface area contributed by atoms with Crippen LogP contribution in [0.25, 0.3) is 0 Å². The van der Waals surface area contributed by atoms with Crippen molar-refractivity contribution in [3.63, 3.8) is 0 Å². The second kappa shape index (κ2) is 6.33. The lowest BCUT2D eigenvalue weighted by atomic mass is 10.2. The van der Waals surface area contributed by atoms with Crippen molar-refractivity contribution >= 4 is 57.5 Å². The molecule has 2 aliphatic rings. The minimum atomic E-state index is -0.591. The number of thioether (sulfide) groups is 1. The maximum absolute atomic E-state index is 12.8. The Bertz CT molecular complexity index is 937. The molecule has 4 rings (SSSR count). The van der Waals surface area contributed by atoms with Gasteiger partial charge in [0.25, 0.3) is 11.8 Å². The Morgan fingerprint density at radius 3 is 2.16 bits per heavy atom. The van der Waals surface area contributed by atoms with Gasteiger partial charge in [-0.1, -0.05) is 47.1 Å². The van der Waals surface area contributed by atoms with Crippen LogP contribution in [0.3, 0.4) is 0 Å². The highest BCUT2D eigenvalue weighted by molar-refractivity contribution is 8.15. The van der Waals surface area contributed by atoms with Crippen molar-refractivity contribution in [1.82, 2.24) is 0 Å². The molecule has 0 radical (unpaired) electrons. The van der Waals surface area contributed by atoms with E-state index in [1.165, 1.54) is 22.9 Å². The fourth-order valence-electron chi connectivity index (χ4n) is 2.67. The molecule has 1 atom stereocenters. The van der Waals surface area contributed by atoms with Crippen molar-refractivity contribution in [3.8, 4) is 0 Å². The van der Waals surface area contributed by atoms with Crippen LogP contribution in [-0.2, 0) is 9.59 Å². The molecular weight excluding hydrogens is 379 g/mol. The lowest BCUT2D eigenvalue weighted by Crippen LogP contribution is -2.31. The molecule has 0 aromatic heterocycles. The normalized spacial score (nSPS) is 19.6. The smallest absolute Gasteiger partial charge is 0.264 e. The summed E-state index contributed by atoms with van der Waals surface area (Å²) >= 11 is 13.1. The van der Waals surface area contributed by atoms with Crippen molar-refractivity contribution in [3.05, 3.63) is 75.9 Å². The van der Waals surface area contributed by atoms with Gasteiger partial charge in [0.2, 0.25) is 0 Å². The summed E-state index contributed by atoms with van der Waals surface area (Å²) < 4.78 is 0. The fraction of sp³-hybridized carbons (Fsp3) is 0.0556. The summed E-state index contributed by atoms with van der Waals surface area (Å²) in [5.74, 6) is -0.617. The van der Waals surface area contributed by atoms with Crippen LogP contribution in [0.5, 0.6) is 0 Å². The number of hydrogen-bond acceptors (Lipinski definition) is 4. The second-order valence-electron chi connectivity index (χ2n) is 5.48. The summed E-state index contributed by atoms with van der Waals surface area (Å²) in [6, 6.07) is 13.8. The number of carbonyl (C=O) groups is 2. The molecule has 7 heteroatoms. The summed E-state index contributed by atoms with van der Waals surface area (Å²) in [5.41, 5.74) is 1.75. The van der Waals surface area contributed by atoms with Crippen LogP contribution in [0.15, 0.2) is 65.3 Å². The number of amides is 2. The van der Waals surface area contributed by atoms with Crippen molar-refractivity contribution in [2.75, 3.05) is 4.90 Å². The highest BCUT2D eigenvalue weighted by atomic mass is 35.5. The van der Waals surface area contributed by atoms with Gasteiger partial charge >= 0.3 is 0 Å². The van der Waals surface area contributed by atoms with E-state index < -0.39 is 5.25 Å². The first-order chi connectivity index (χ1) is 12.0. The first kappa shape index (κ1) is 16.4. The molecule has 0 spiro atoms. The topological polar surface area (TPSA) is 49.7 Å². The molecular formula is C18H10Cl2N2O2S. The van der Waals surface area contributed by atoms with E-state index >= 15 is 0 Å². The molecule has 0 unspecified atom stereocenters. The zero-order chi connectivity index (χ0) is 17.6. The molecule has 124 valence electrons. The first-order valence-electron chi connectivity index (χ1n) is 7.39. The number of fused-ring (bicyclic) bond motifs is 1. The summed E-state index contributed by atoms with van der Waals surface area (Å²) in [6.07, 6.45) is 1.49. The zero-order valence-electron chi connectivity index (χ0n) is 12.6. The van der Waals surface area contributed by atoms with Crippen LogP contribution < -0.4 is 4.90 Å². The van der Waals surface area contributed by atoms with Gasteiger partial charge in [-0.05, 0) is 36.4 Å². The molecule has 2 aromatic carbocycles. The molecule has 2 amide bonds. The first-order valence-corrected chi connectivity index (χ1v) is 9.02. The predicted octanol–water partition coefficient (Wildman–Crippen LogP) is 4.31. The van der Waals surface area contributed by atoms with Crippen LogP contribution in [0.1, 0.15) is 5.56 Å². The minimum Gasteiger partial charge on any atom is -0.272 e. The van der Waals surface area contributed by atoms with E-state index in [0.29, 0.717) is 26.3 Å². The van der Waals surface area contributed by atoms with Crippen molar-refractivity contribution < 1.29 is 9.59 Å². The monoisotopic (exact) mass is 388 g/mol. The minimum absolute atomic E-state index is 0.273. The van der Waals surface area contributed by atoms with Crippen LogP contribution in [0, 0.1) is 0 Å². The van der Waals surface area contributed by atoms with Gasteiger partial charge < -0.3 is 0 Å². The van der Waals surface area contributed by atoms with E-state index in [0.717, 1.165) is 5.56 Å². The second-order valence-corrected chi connectivity index (χ2v) is 7.45. The standard InChI is InChI=1S/C18H10Cl2N2O2S/c19-11-3-1-10(2-4-11)16-21-9-14-15(25-16)18(24)22(17(14)23)13-7-5-12(20)6-8-13/h1-9,15H/t15-/m1/s1. The lowest BCUT2D eigenvalue weighted by molar-refractivity contribution is -0.120. The van der Waals surface area contributed by atoms with Gasteiger partial charge in [-0.2, -0.15) is 0 Å². The van der Waals surface area contributed by atoms with Gasteiger partial charge in [-0.25, -0.2) is 9.89 Å². The van der Waals surface area contributed by atoms with Crippen molar-refractivity contribution in [1.29, 1.82) is 0 Å². The maximum Gasteiger partial charge on any atom is 0.264 e. The molecule has 1 saturated heterocycles. The number of rotatable bonds is 2. The number of nitrogens with zero attached hydrogens (tertiary/aromatic N) is 2. The average Bonchev–Trinajstić information content (AvgIpc) is 2.87. The molecule has 2 aliphatic heterocycles. The quantitative estimate of drug-likeness (QED) is 0.720. The molecule has 2 heterocycles. The number of anilines is 1. The molecule has 0 bridgehead atoms. The largest absolute Gasteiger partial charge is 0.272 e. The molecule has 2 aromatic rings. The van der Waals surface area contributed by atoms with Gasteiger partial charge in [-0.15, -0.1) is 0 Å².